The summed E-state index contributed by atoms with van der Waals surface area (Å²) in [6.07, 6.45) is 1.60. The van der Waals surface area contributed by atoms with Crippen molar-refractivity contribution in [3.8, 4) is 0 Å². The highest BCUT2D eigenvalue weighted by Crippen LogP contribution is 2.25. The van der Waals surface area contributed by atoms with Gasteiger partial charge in [0.25, 0.3) is 0 Å². The third-order valence-electron chi connectivity index (χ3n) is 4.60. The zero-order valence-electron chi connectivity index (χ0n) is 16.4. The van der Waals surface area contributed by atoms with Crippen LogP contribution in [0.3, 0.4) is 0 Å². The minimum absolute atomic E-state index is 0.0665. The van der Waals surface area contributed by atoms with Crippen molar-refractivity contribution in [2.45, 2.75) is 40.2 Å². The van der Waals surface area contributed by atoms with E-state index in [1.165, 1.54) is 0 Å². The molecule has 0 unspecified atom stereocenters. The second-order valence-electron chi connectivity index (χ2n) is 7.96. The Balaban J connectivity index is 1.77. The van der Waals surface area contributed by atoms with Crippen LogP contribution in [-0.4, -0.2) is 22.0 Å². The average Bonchev–Trinajstić information content (AvgIpc) is 2.98. The number of imidazole rings is 1. The summed E-state index contributed by atoms with van der Waals surface area (Å²) in [4.78, 5) is 16.8. The first kappa shape index (κ1) is 20.7. The molecule has 0 bridgehead atoms. The maximum Gasteiger partial charge on any atom is 0.225 e. The van der Waals surface area contributed by atoms with E-state index in [1.54, 1.807) is 0 Å². The number of benzene rings is 2. The summed E-state index contributed by atoms with van der Waals surface area (Å²) in [7, 11) is 0. The Morgan fingerprint density at radius 3 is 2.57 bits per heavy atom. The van der Waals surface area contributed by atoms with Crippen LogP contribution in [-0.2, 0) is 17.8 Å². The largest absolute Gasteiger partial charge is 0.356 e. The number of carbonyl (C=O) groups excluding carboxylic acids is 1. The lowest BCUT2D eigenvalue weighted by atomic mass is 9.96. The fraction of sp³-hybridized carbons (Fsp3) is 0.364. The fourth-order valence-electron chi connectivity index (χ4n) is 3.03. The molecule has 2 aromatic carbocycles. The number of aromatic nitrogens is 2. The van der Waals surface area contributed by atoms with E-state index in [1.807, 2.05) is 57.2 Å². The number of amides is 1. The molecule has 28 heavy (non-hydrogen) atoms. The van der Waals surface area contributed by atoms with Crippen LogP contribution in [0.25, 0.3) is 11.0 Å². The molecule has 0 saturated heterocycles. The molecule has 0 atom stereocenters. The summed E-state index contributed by atoms with van der Waals surface area (Å²) < 4.78 is 2.21. The lowest BCUT2D eigenvalue weighted by Crippen LogP contribution is -2.35. The summed E-state index contributed by atoms with van der Waals surface area (Å²) in [6, 6.07) is 13.8. The lowest BCUT2D eigenvalue weighted by Gasteiger charge is -2.17. The van der Waals surface area contributed by atoms with Crippen LogP contribution in [0.5, 0.6) is 0 Å². The summed E-state index contributed by atoms with van der Waals surface area (Å²) in [5.41, 5.74) is 2.75. The zero-order chi connectivity index (χ0) is 20.3. The van der Waals surface area contributed by atoms with Gasteiger partial charge in [0.05, 0.1) is 21.1 Å². The molecule has 1 aromatic heterocycles. The van der Waals surface area contributed by atoms with E-state index in [9.17, 15) is 4.79 Å². The van der Waals surface area contributed by atoms with Crippen molar-refractivity contribution in [2.24, 2.45) is 5.41 Å². The van der Waals surface area contributed by atoms with Crippen molar-refractivity contribution in [1.82, 2.24) is 14.9 Å². The maximum atomic E-state index is 12.0. The van der Waals surface area contributed by atoms with Crippen molar-refractivity contribution < 1.29 is 4.79 Å². The Bertz CT molecular complexity index is 989. The molecule has 3 aromatic rings. The number of fused-ring (bicyclic) bond motifs is 1. The average molecular weight is 418 g/mol. The van der Waals surface area contributed by atoms with E-state index in [2.05, 4.69) is 16.0 Å². The molecular weight excluding hydrogens is 393 g/mol. The Morgan fingerprint density at radius 1 is 1.11 bits per heavy atom. The van der Waals surface area contributed by atoms with E-state index >= 15 is 0 Å². The van der Waals surface area contributed by atoms with Crippen LogP contribution in [0.2, 0.25) is 10.0 Å². The van der Waals surface area contributed by atoms with Gasteiger partial charge >= 0.3 is 0 Å². The standard InChI is InChI=1S/C22H25Cl2N3O/c1-22(2,3)21(28)25-12-6-9-20-26-18-7-4-5-8-19(18)27(20)14-15-10-11-16(23)17(24)13-15/h4-5,7-8,10-11,13H,6,9,12,14H2,1-3H3,(H,25,28). The van der Waals surface area contributed by atoms with Crippen molar-refractivity contribution in [3.63, 3.8) is 0 Å². The molecule has 4 nitrogen and oxygen atoms in total. The molecule has 1 amide bonds. The Labute approximate surface area is 175 Å². The molecule has 0 aliphatic rings. The summed E-state index contributed by atoms with van der Waals surface area (Å²) >= 11 is 12.2. The van der Waals surface area contributed by atoms with Gasteiger partial charge in [-0.2, -0.15) is 0 Å². The van der Waals surface area contributed by atoms with Gasteiger partial charge in [0.1, 0.15) is 5.82 Å². The molecule has 0 fully saturated rings. The zero-order valence-corrected chi connectivity index (χ0v) is 17.9. The van der Waals surface area contributed by atoms with Crippen LogP contribution in [0.4, 0.5) is 0 Å². The minimum Gasteiger partial charge on any atom is -0.356 e. The van der Waals surface area contributed by atoms with Crippen molar-refractivity contribution >= 4 is 40.1 Å². The van der Waals surface area contributed by atoms with Gasteiger partial charge in [0, 0.05) is 24.9 Å². The number of nitrogens with zero attached hydrogens (tertiary/aromatic N) is 2. The van der Waals surface area contributed by atoms with Gasteiger partial charge in [0.15, 0.2) is 0 Å². The highest BCUT2D eigenvalue weighted by atomic mass is 35.5. The number of para-hydroxylation sites is 2. The number of rotatable bonds is 6. The highest BCUT2D eigenvalue weighted by molar-refractivity contribution is 6.42. The number of carbonyl (C=O) groups is 1. The molecule has 6 heteroatoms. The first-order chi connectivity index (χ1) is 13.3. The SMILES string of the molecule is CC(C)(C)C(=O)NCCCc1nc2ccccc2n1Cc1ccc(Cl)c(Cl)c1. The Kier molecular flexibility index (Phi) is 6.31. The predicted molar refractivity (Wildman–Crippen MR) is 116 cm³/mol. The number of nitrogens with one attached hydrogen (secondary N) is 1. The number of aryl methyl sites for hydroxylation is 1. The first-order valence-electron chi connectivity index (χ1n) is 9.42. The van der Waals surface area contributed by atoms with Crippen LogP contribution in [0.1, 0.15) is 38.6 Å². The number of hydrogen-bond donors (Lipinski definition) is 1. The van der Waals surface area contributed by atoms with Crippen LogP contribution in [0, 0.1) is 5.41 Å². The molecule has 0 aliphatic heterocycles. The normalized spacial score (nSPS) is 11.8. The highest BCUT2D eigenvalue weighted by Gasteiger charge is 2.20. The summed E-state index contributed by atoms with van der Waals surface area (Å²) in [5.74, 6) is 1.06. The molecule has 0 aliphatic carbocycles. The number of hydrogen-bond acceptors (Lipinski definition) is 2. The first-order valence-corrected chi connectivity index (χ1v) is 10.2. The molecule has 0 spiro atoms. The second kappa shape index (κ2) is 8.54. The smallest absolute Gasteiger partial charge is 0.225 e. The van der Waals surface area contributed by atoms with Crippen LogP contribution >= 0.6 is 23.2 Å². The Hall–Kier alpha value is -2.04. The van der Waals surface area contributed by atoms with E-state index in [-0.39, 0.29) is 11.3 Å². The molecular formula is C22H25Cl2N3O. The van der Waals surface area contributed by atoms with E-state index in [4.69, 9.17) is 28.2 Å². The van der Waals surface area contributed by atoms with Gasteiger partial charge in [-0.3, -0.25) is 4.79 Å². The topological polar surface area (TPSA) is 46.9 Å². The van der Waals surface area contributed by atoms with Gasteiger partial charge in [0.2, 0.25) is 5.91 Å². The van der Waals surface area contributed by atoms with Gasteiger partial charge in [-0.15, -0.1) is 0 Å². The third-order valence-corrected chi connectivity index (χ3v) is 5.34. The van der Waals surface area contributed by atoms with Crippen LogP contribution in [0.15, 0.2) is 42.5 Å². The van der Waals surface area contributed by atoms with Gasteiger partial charge in [-0.05, 0) is 36.2 Å². The lowest BCUT2D eigenvalue weighted by molar-refractivity contribution is -0.128. The van der Waals surface area contributed by atoms with E-state index in [0.29, 0.717) is 23.1 Å². The molecule has 3 rings (SSSR count). The van der Waals surface area contributed by atoms with Gasteiger partial charge in [-0.1, -0.05) is 62.2 Å². The summed E-state index contributed by atoms with van der Waals surface area (Å²) in [5, 5.41) is 4.10. The fourth-order valence-corrected chi connectivity index (χ4v) is 3.35. The maximum absolute atomic E-state index is 12.0. The summed E-state index contributed by atoms with van der Waals surface area (Å²) in [6.45, 7) is 7.05. The molecule has 148 valence electrons. The minimum atomic E-state index is -0.374. The van der Waals surface area contributed by atoms with E-state index < -0.39 is 0 Å². The van der Waals surface area contributed by atoms with Crippen molar-refractivity contribution in [3.05, 3.63) is 63.9 Å². The number of halogens is 2. The monoisotopic (exact) mass is 417 g/mol. The van der Waals surface area contributed by atoms with Crippen molar-refractivity contribution in [1.29, 1.82) is 0 Å². The quantitative estimate of drug-likeness (QED) is 0.539. The molecule has 0 radical (unpaired) electrons. The van der Waals surface area contributed by atoms with Gasteiger partial charge < -0.3 is 9.88 Å². The van der Waals surface area contributed by atoms with Crippen molar-refractivity contribution in [2.75, 3.05) is 6.54 Å². The third kappa shape index (κ3) is 4.86. The Morgan fingerprint density at radius 2 is 1.86 bits per heavy atom. The second-order valence-corrected chi connectivity index (χ2v) is 8.78. The molecule has 0 saturated carbocycles. The van der Waals surface area contributed by atoms with E-state index in [0.717, 1.165) is 35.3 Å². The molecule has 1 heterocycles. The predicted octanol–water partition coefficient (Wildman–Crippen LogP) is 5.49. The van der Waals surface area contributed by atoms with Crippen LogP contribution < -0.4 is 5.32 Å². The van der Waals surface area contributed by atoms with Gasteiger partial charge in [-0.25, -0.2) is 4.98 Å². The molecule has 1 N–H and O–H groups in total.